The fourth-order valence-corrected chi connectivity index (χ4v) is 4.15. The minimum Gasteiger partial charge on any atom is -0.331 e. The van der Waals surface area contributed by atoms with Crippen LogP contribution >= 0.6 is 0 Å². The van der Waals surface area contributed by atoms with Gasteiger partial charge in [0.05, 0.1) is 11.7 Å². The first-order valence-corrected chi connectivity index (χ1v) is 11.6. The van der Waals surface area contributed by atoms with Gasteiger partial charge in [0.25, 0.3) is 0 Å². The van der Waals surface area contributed by atoms with Crippen LogP contribution in [0.15, 0.2) is 66.9 Å². The van der Waals surface area contributed by atoms with Gasteiger partial charge in [-0.2, -0.15) is 0 Å². The molecule has 6 heteroatoms. The number of urea groups is 1. The number of nitrogens with two attached hydrogens (primary N) is 1. The average molecular weight is 448 g/mol. The summed E-state index contributed by atoms with van der Waals surface area (Å²) in [6.07, 6.45) is 2.84. The molecule has 1 atom stereocenters. The van der Waals surface area contributed by atoms with E-state index in [4.69, 9.17) is 10.7 Å². The summed E-state index contributed by atoms with van der Waals surface area (Å²) in [6.45, 7) is 8.29. The number of amides is 2. The van der Waals surface area contributed by atoms with Crippen molar-refractivity contribution < 1.29 is 4.79 Å². The lowest BCUT2D eigenvalue weighted by molar-refractivity contribution is 0.0923. The quantitative estimate of drug-likeness (QED) is 0.527. The van der Waals surface area contributed by atoms with Crippen molar-refractivity contribution in [3.63, 3.8) is 0 Å². The van der Waals surface area contributed by atoms with Crippen LogP contribution < -0.4 is 5.73 Å². The molecule has 0 fully saturated rings. The van der Waals surface area contributed by atoms with Gasteiger partial charge in [0.2, 0.25) is 0 Å². The molecule has 0 bridgehead atoms. The second-order valence-corrected chi connectivity index (χ2v) is 9.75. The standard InChI is InChI=1S/C27H37N5O/c1-27(2,3)24(32(18-12-17-28)26(33)30(4)5)25-29-23(22-15-10-7-11-16-22)20-31(25)19-21-13-8-6-9-14-21/h6-11,13-16,20,24H,12,17-19,28H2,1-5H3. The first kappa shape index (κ1) is 24.5. The molecule has 1 heterocycles. The molecule has 0 aliphatic rings. The van der Waals surface area contributed by atoms with Gasteiger partial charge in [-0.15, -0.1) is 0 Å². The van der Waals surface area contributed by atoms with Crippen LogP contribution in [0.3, 0.4) is 0 Å². The van der Waals surface area contributed by atoms with Gasteiger partial charge < -0.3 is 20.1 Å². The smallest absolute Gasteiger partial charge is 0.320 e. The number of nitrogens with zero attached hydrogens (tertiary/aromatic N) is 4. The maximum absolute atomic E-state index is 13.3. The maximum Gasteiger partial charge on any atom is 0.320 e. The van der Waals surface area contributed by atoms with Crippen LogP contribution in [0, 0.1) is 5.41 Å². The molecule has 0 spiro atoms. The highest BCUT2D eigenvalue weighted by molar-refractivity contribution is 5.74. The summed E-state index contributed by atoms with van der Waals surface area (Å²) in [7, 11) is 3.59. The van der Waals surface area contributed by atoms with Crippen LogP contribution in [0.5, 0.6) is 0 Å². The number of hydrogen-bond acceptors (Lipinski definition) is 3. The molecule has 2 aromatic carbocycles. The molecular formula is C27H37N5O. The zero-order chi connectivity index (χ0) is 24.0. The van der Waals surface area contributed by atoms with Crippen LogP contribution in [0.4, 0.5) is 4.79 Å². The van der Waals surface area contributed by atoms with Crippen molar-refractivity contribution in [2.24, 2.45) is 11.1 Å². The van der Waals surface area contributed by atoms with Gasteiger partial charge >= 0.3 is 6.03 Å². The Bertz CT molecular complexity index is 1020. The number of aromatic nitrogens is 2. The van der Waals surface area contributed by atoms with E-state index < -0.39 is 0 Å². The summed E-state index contributed by atoms with van der Waals surface area (Å²) >= 11 is 0. The summed E-state index contributed by atoms with van der Waals surface area (Å²) in [4.78, 5) is 22.0. The molecule has 1 aromatic heterocycles. The highest BCUT2D eigenvalue weighted by atomic mass is 16.2. The number of benzene rings is 2. The molecular weight excluding hydrogens is 410 g/mol. The third-order valence-corrected chi connectivity index (χ3v) is 5.68. The SMILES string of the molecule is CN(C)C(=O)N(CCCN)C(c1nc(-c2ccccc2)cn1Cc1ccccc1)C(C)(C)C. The molecule has 1 unspecified atom stereocenters. The molecule has 0 saturated carbocycles. The first-order valence-electron chi connectivity index (χ1n) is 11.6. The van der Waals surface area contributed by atoms with E-state index in [0.29, 0.717) is 19.6 Å². The van der Waals surface area contributed by atoms with Gasteiger partial charge in [-0.1, -0.05) is 81.4 Å². The predicted octanol–water partition coefficient (Wildman–Crippen LogP) is 5.02. The van der Waals surface area contributed by atoms with E-state index in [-0.39, 0.29) is 17.5 Å². The Morgan fingerprint density at radius 2 is 1.64 bits per heavy atom. The Labute approximate surface area is 198 Å². The molecule has 6 nitrogen and oxygen atoms in total. The van der Waals surface area contributed by atoms with Gasteiger partial charge in [0, 0.05) is 38.9 Å². The zero-order valence-corrected chi connectivity index (χ0v) is 20.5. The van der Waals surface area contributed by atoms with E-state index in [0.717, 1.165) is 23.5 Å². The van der Waals surface area contributed by atoms with Crippen LogP contribution in [0.25, 0.3) is 11.3 Å². The van der Waals surface area contributed by atoms with Crippen molar-refractivity contribution in [3.05, 3.63) is 78.2 Å². The van der Waals surface area contributed by atoms with Crippen LogP contribution in [-0.4, -0.2) is 52.6 Å². The van der Waals surface area contributed by atoms with Gasteiger partial charge in [-0.3, -0.25) is 0 Å². The van der Waals surface area contributed by atoms with Crippen molar-refractivity contribution in [1.82, 2.24) is 19.4 Å². The minimum atomic E-state index is -0.242. The van der Waals surface area contributed by atoms with E-state index >= 15 is 0 Å². The summed E-state index contributed by atoms with van der Waals surface area (Å²) in [5.74, 6) is 0.887. The molecule has 3 rings (SSSR count). The summed E-state index contributed by atoms with van der Waals surface area (Å²) in [6, 6.07) is 20.3. The van der Waals surface area contributed by atoms with Crippen LogP contribution in [-0.2, 0) is 6.54 Å². The van der Waals surface area contributed by atoms with Gasteiger partial charge in [-0.05, 0) is 23.9 Å². The van der Waals surface area contributed by atoms with E-state index in [1.807, 2.05) is 29.2 Å². The largest absolute Gasteiger partial charge is 0.331 e. The molecule has 0 aliphatic heterocycles. The molecule has 2 amide bonds. The van der Waals surface area contributed by atoms with E-state index in [2.05, 4.69) is 67.9 Å². The second-order valence-electron chi connectivity index (χ2n) is 9.75. The van der Waals surface area contributed by atoms with Crippen LogP contribution in [0.1, 0.15) is 44.6 Å². The Balaban J connectivity index is 2.16. The lowest BCUT2D eigenvalue weighted by Gasteiger charge is -2.41. The van der Waals surface area contributed by atoms with Gasteiger partial charge in [-0.25, -0.2) is 9.78 Å². The summed E-state index contributed by atoms with van der Waals surface area (Å²) < 4.78 is 2.20. The van der Waals surface area contributed by atoms with Crippen molar-refractivity contribution in [1.29, 1.82) is 0 Å². The Morgan fingerprint density at radius 1 is 1.03 bits per heavy atom. The minimum absolute atomic E-state index is 0.0288. The third kappa shape index (κ3) is 6.02. The predicted molar refractivity (Wildman–Crippen MR) is 135 cm³/mol. The lowest BCUT2D eigenvalue weighted by atomic mass is 9.84. The number of hydrogen-bond donors (Lipinski definition) is 1. The third-order valence-electron chi connectivity index (χ3n) is 5.68. The van der Waals surface area contributed by atoms with E-state index in [1.54, 1.807) is 19.0 Å². The fraction of sp³-hybridized carbons (Fsp3) is 0.407. The topological polar surface area (TPSA) is 67.4 Å². The molecule has 2 N–H and O–H groups in total. The maximum atomic E-state index is 13.3. The molecule has 176 valence electrons. The second kappa shape index (κ2) is 10.7. The van der Waals surface area contributed by atoms with Gasteiger partial charge in [0.15, 0.2) is 0 Å². The molecule has 0 aliphatic carbocycles. The number of carbonyl (C=O) groups is 1. The normalized spacial score (nSPS) is 12.4. The highest BCUT2D eigenvalue weighted by Crippen LogP contribution is 2.39. The molecule has 3 aromatic rings. The lowest BCUT2D eigenvalue weighted by Crippen LogP contribution is -2.47. The van der Waals surface area contributed by atoms with Crippen LogP contribution in [0.2, 0.25) is 0 Å². The highest BCUT2D eigenvalue weighted by Gasteiger charge is 2.38. The zero-order valence-electron chi connectivity index (χ0n) is 20.5. The molecule has 0 saturated heterocycles. The van der Waals surface area contributed by atoms with Crippen molar-refractivity contribution in [2.45, 2.75) is 39.8 Å². The first-order chi connectivity index (χ1) is 15.7. The summed E-state index contributed by atoms with van der Waals surface area (Å²) in [5.41, 5.74) is 8.76. The number of imidazole rings is 1. The average Bonchev–Trinajstić information content (AvgIpc) is 3.19. The van der Waals surface area contributed by atoms with Gasteiger partial charge in [0.1, 0.15) is 5.82 Å². The molecule has 33 heavy (non-hydrogen) atoms. The Kier molecular flexibility index (Phi) is 7.92. The van der Waals surface area contributed by atoms with Crippen molar-refractivity contribution >= 4 is 6.03 Å². The van der Waals surface area contributed by atoms with E-state index in [9.17, 15) is 4.79 Å². The fourth-order valence-electron chi connectivity index (χ4n) is 4.15. The number of rotatable bonds is 8. The number of carbonyl (C=O) groups excluding carboxylic acids is 1. The van der Waals surface area contributed by atoms with Crippen molar-refractivity contribution in [3.8, 4) is 11.3 Å². The Morgan fingerprint density at radius 3 is 2.18 bits per heavy atom. The Hall–Kier alpha value is -3.12. The molecule has 0 radical (unpaired) electrons. The summed E-state index contributed by atoms with van der Waals surface area (Å²) in [5, 5.41) is 0. The van der Waals surface area contributed by atoms with Crippen molar-refractivity contribution in [2.75, 3.05) is 27.2 Å². The monoisotopic (exact) mass is 447 g/mol. The van der Waals surface area contributed by atoms with E-state index in [1.165, 1.54) is 5.56 Å².